The van der Waals surface area contributed by atoms with Crippen LogP contribution in [0.5, 0.6) is 0 Å². The van der Waals surface area contributed by atoms with Crippen molar-refractivity contribution in [2.45, 2.75) is 32.9 Å². The number of hydrogen-bond donors (Lipinski definition) is 0. The van der Waals surface area contributed by atoms with Gasteiger partial charge in [-0.2, -0.15) is 13.2 Å². The van der Waals surface area contributed by atoms with Gasteiger partial charge in [0.2, 0.25) is 0 Å². The van der Waals surface area contributed by atoms with Gasteiger partial charge in [-0.25, -0.2) is 0 Å². The molecule has 0 aliphatic heterocycles. The van der Waals surface area contributed by atoms with Gasteiger partial charge < -0.3 is 0 Å². The van der Waals surface area contributed by atoms with Crippen LogP contribution in [0, 0.1) is 6.08 Å². The van der Waals surface area contributed by atoms with E-state index in [4.69, 9.17) is 0 Å². The van der Waals surface area contributed by atoms with Gasteiger partial charge in [0.05, 0.1) is 0 Å². The normalized spacial score (nSPS) is 13.9. The molecule has 0 N–H and O–H groups in total. The number of halogens is 3. The minimum atomic E-state index is -4.19. The molecule has 0 heterocycles. The number of alkyl halides is 3. The van der Waals surface area contributed by atoms with Gasteiger partial charge in [0.1, 0.15) is 0 Å². The minimum absolute atomic E-state index is 0.380. The molecule has 0 saturated carbocycles. The number of rotatable bonds is 2. The predicted molar refractivity (Wildman–Crippen MR) is 33.4 cm³/mol. The van der Waals surface area contributed by atoms with Crippen LogP contribution in [-0.2, 0) is 0 Å². The van der Waals surface area contributed by atoms with Crippen LogP contribution in [0.4, 0.5) is 13.2 Å². The summed E-state index contributed by atoms with van der Waals surface area (Å²) in [6, 6.07) is 0. The molecular weight excluding hydrogens is 141 g/mol. The summed E-state index contributed by atoms with van der Waals surface area (Å²) < 4.78 is 35.0. The first kappa shape index (κ1) is 9.53. The molecule has 0 nitrogen and oxygen atoms in total. The molecule has 0 unspecified atom stereocenters. The minimum Gasteiger partial charge on any atom is -0.166 e. The standard InChI is InChI=1S/C7H10F3/c1-3-4-5-6(2)7(8,9)10/h3-4H2,1-2H3. The Labute approximate surface area is 58.7 Å². The molecule has 0 aliphatic rings. The van der Waals surface area contributed by atoms with E-state index in [0.717, 1.165) is 6.92 Å². The van der Waals surface area contributed by atoms with E-state index in [0.29, 0.717) is 12.8 Å². The van der Waals surface area contributed by atoms with Crippen LogP contribution < -0.4 is 0 Å². The molecular formula is C7H10F3. The summed E-state index contributed by atoms with van der Waals surface area (Å²) in [6.07, 6.45) is -0.839. The smallest absolute Gasteiger partial charge is 0.166 e. The second-order valence-electron chi connectivity index (χ2n) is 2.05. The first-order chi connectivity index (χ1) is 4.48. The molecule has 0 aromatic heterocycles. The van der Waals surface area contributed by atoms with Gasteiger partial charge in [-0.3, -0.25) is 0 Å². The first-order valence-electron chi connectivity index (χ1n) is 3.13. The average Bonchev–Trinajstić information content (AvgIpc) is 1.80. The van der Waals surface area contributed by atoms with Crippen molar-refractivity contribution in [2.24, 2.45) is 0 Å². The third kappa shape index (κ3) is 3.54. The lowest BCUT2D eigenvalue weighted by Gasteiger charge is -2.04. The van der Waals surface area contributed by atoms with Crippen LogP contribution in [0.15, 0.2) is 5.57 Å². The molecule has 10 heavy (non-hydrogen) atoms. The number of hydrogen-bond acceptors (Lipinski definition) is 0. The zero-order chi connectivity index (χ0) is 8.20. The Kier molecular flexibility index (Phi) is 3.47. The Morgan fingerprint density at radius 2 is 1.90 bits per heavy atom. The van der Waals surface area contributed by atoms with Gasteiger partial charge in [0.15, 0.2) is 0 Å². The Hall–Kier alpha value is -0.470. The molecule has 0 aromatic carbocycles. The lowest BCUT2D eigenvalue weighted by atomic mass is 10.2. The van der Waals surface area contributed by atoms with Crippen molar-refractivity contribution >= 4 is 0 Å². The monoisotopic (exact) mass is 151 g/mol. The van der Waals surface area contributed by atoms with Crippen molar-refractivity contribution in [1.82, 2.24) is 0 Å². The van der Waals surface area contributed by atoms with Crippen LogP contribution in [0.1, 0.15) is 26.7 Å². The van der Waals surface area contributed by atoms with Gasteiger partial charge in [-0.1, -0.05) is 13.3 Å². The van der Waals surface area contributed by atoms with E-state index < -0.39 is 11.7 Å². The van der Waals surface area contributed by atoms with E-state index in [2.05, 4.69) is 6.08 Å². The third-order valence-corrected chi connectivity index (χ3v) is 1.07. The van der Waals surface area contributed by atoms with Crippen LogP contribution >= 0.6 is 0 Å². The average molecular weight is 151 g/mol. The maximum Gasteiger partial charge on any atom is 0.412 e. The van der Waals surface area contributed by atoms with Crippen LogP contribution in [-0.4, -0.2) is 6.18 Å². The van der Waals surface area contributed by atoms with E-state index in [9.17, 15) is 13.2 Å². The van der Waals surface area contributed by atoms with E-state index in [-0.39, 0.29) is 0 Å². The van der Waals surface area contributed by atoms with E-state index >= 15 is 0 Å². The SMILES string of the molecule is CCC/[C]=C(\C)C(F)(F)F. The van der Waals surface area contributed by atoms with Gasteiger partial charge >= 0.3 is 6.18 Å². The number of allylic oxidation sites excluding steroid dienone is 2. The van der Waals surface area contributed by atoms with Crippen molar-refractivity contribution in [3.8, 4) is 0 Å². The Morgan fingerprint density at radius 3 is 2.20 bits per heavy atom. The molecule has 0 bridgehead atoms. The highest BCUT2D eigenvalue weighted by atomic mass is 19.4. The molecule has 0 aromatic rings. The predicted octanol–water partition coefficient (Wildman–Crippen LogP) is 3.10. The fourth-order valence-electron chi connectivity index (χ4n) is 0.413. The Balaban J connectivity index is 3.93. The molecule has 0 fully saturated rings. The molecule has 0 aliphatic carbocycles. The van der Waals surface area contributed by atoms with Crippen LogP contribution in [0.3, 0.4) is 0 Å². The highest BCUT2D eigenvalue weighted by Gasteiger charge is 2.29. The third-order valence-electron chi connectivity index (χ3n) is 1.07. The van der Waals surface area contributed by atoms with Crippen molar-refractivity contribution in [1.29, 1.82) is 0 Å². The van der Waals surface area contributed by atoms with E-state index in [1.807, 2.05) is 6.92 Å². The fraction of sp³-hybridized carbons (Fsp3) is 0.714. The number of unbranched alkanes of at least 4 members (excludes halogenated alkanes) is 1. The van der Waals surface area contributed by atoms with Gasteiger partial charge in [-0.15, -0.1) is 0 Å². The second kappa shape index (κ2) is 3.64. The van der Waals surface area contributed by atoms with E-state index in [1.165, 1.54) is 0 Å². The highest BCUT2D eigenvalue weighted by molar-refractivity contribution is 4.99. The molecule has 0 rings (SSSR count). The fourth-order valence-corrected chi connectivity index (χ4v) is 0.413. The summed E-state index contributed by atoms with van der Waals surface area (Å²) in [5.74, 6) is 0. The lowest BCUT2D eigenvalue weighted by molar-refractivity contribution is -0.0920. The summed E-state index contributed by atoms with van der Waals surface area (Å²) >= 11 is 0. The van der Waals surface area contributed by atoms with Crippen molar-refractivity contribution < 1.29 is 13.2 Å². The van der Waals surface area contributed by atoms with Crippen molar-refractivity contribution in [3.63, 3.8) is 0 Å². The summed E-state index contributed by atoms with van der Waals surface area (Å²) in [4.78, 5) is 0. The summed E-state index contributed by atoms with van der Waals surface area (Å²) in [7, 11) is 0. The van der Waals surface area contributed by atoms with Crippen molar-refractivity contribution in [2.75, 3.05) is 0 Å². The molecule has 0 amide bonds. The van der Waals surface area contributed by atoms with E-state index in [1.54, 1.807) is 0 Å². The van der Waals surface area contributed by atoms with Gasteiger partial charge in [-0.05, 0) is 19.4 Å². The topological polar surface area (TPSA) is 0 Å². The largest absolute Gasteiger partial charge is 0.412 e. The molecule has 0 atom stereocenters. The van der Waals surface area contributed by atoms with Gasteiger partial charge in [0.25, 0.3) is 0 Å². The maximum absolute atomic E-state index is 11.7. The quantitative estimate of drug-likeness (QED) is 0.568. The Bertz CT molecular complexity index is 121. The van der Waals surface area contributed by atoms with Gasteiger partial charge in [0, 0.05) is 5.57 Å². The van der Waals surface area contributed by atoms with Crippen molar-refractivity contribution in [3.05, 3.63) is 11.6 Å². The highest BCUT2D eigenvalue weighted by Crippen LogP contribution is 2.24. The molecule has 59 valence electrons. The molecule has 0 saturated heterocycles. The summed E-state index contributed by atoms with van der Waals surface area (Å²) in [6.45, 7) is 2.85. The zero-order valence-corrected chi connectivity index (χ0v) is 6.05. The summed E-state index contributed by atoms with van der Waals surface area (Å²) in [5, 5.41) is 0. The van der Waals surface area contributed by atoms with Crippen LogP contribution in [0.25, 0.3) is 0 Å². The Morgan fingerprint density at radius 1 is 1.40 bits per heavy atom. The molecule has 1 radical (unpaired) electrons. The first-order valence-corrected chi connectivity index (χ1v) is 3.13. The molecule has 0 spiro atoms. The lowest BCUT2D eigenvalue weighted by Crippen LogP contribution is -2.08. The van der Waals surface area contributed by atoms with Crippen LogP contribution in [0.2, 0.25) is 0 Å². The summed E-state index contributed by atoms with van der Waals surface area (Å²) in [5.41, 5.74) is -0.616. The zero-order valence-electron chi connectivity index (χ0n) is 6.05. The molecule has 3 heteroatoms. The second-order valence-corrected chi connectivity index (χ2v) is 2.05. The maximum atomic E-state index is 11.7.